The number of hydrogen-bond acceptors (Lipinski definition) is 3. The second-order valence-electron chi connectivity index (χ2n) is 4.17. The van der Waals surface area contributed by atoms with Crippen LogP contribution in [0.5, 0.6) is 0 Å². The van der Waals surface area contributed by atoms with E-state index in [0.717, 1.165) is 18.0 Å². The summed E-state index contributed by atoms with van der Waals surface area (Å²) < 4.78 is 0. The maximum Gasteiger partial charge on any atom is 0.0589 e. The fraction of sp³-hybridized carbons (Fsp3) is 0.636. The highest BCUT2D eigenvalue weighted by molar-refractivity contribution is 4.96. The summed E-state index contributed by atoms with van der Waals surface area (Å²) in [4.78, 5) is 10.8. The Morgan fingerprint density at radius 2 is 2.43 bits per heavy atom. The first-order valence-electron chi connectivity index (χ1n) is 5.28. The molecule has 1 saturated heterocycles. The number of aromatic nitrogens is 2. The Morgan fingerprint density at radius 1 is 1.50 bits per heavy atom. The van der Waals surface area contributed by atoms with E-state index in [9.17, 15) is 0 Å². The van der Waals surface area contributed by atoms with Crippen molar-refractivity contribution in [1.82, 2.24) is 14.9 Å². The van der Waals surface area contributed by atoms with Gasteiger partial charge in [-0.2, -0.15) is 0 Å². The van der Waals surface area contributed by atoms with Crippen molar-refractivity contribution in [3.8, 4) is 0 Å². The van der Waals surface area contributed by atoms with Gasteiger partial charge in [-0.15, -0.1) is 0 Å². The second-order valence-corrected chi connectivity index (χ2v) is 4.17. The second kappa shape index (κ2) is 4.51. The lowest BCUT2D eigenvalue weighted by Crippen LogP contribution is -2.33. The molecule has 0 N–H and O–H groups in total. The molecule has 1 atom stereocenters. The first-order valence-corrected chi connectivity index (χ1v) is 5.28. The summed E-state index contributed by atoms with van der Waals surface area (Å²) in [7, 11) is 2.20. The van der Waals surface area contributed by atoms with E-state index in [2.05, 4.69) is 21.9 Å². The molecule has 0 bridgehead atoms. The summed E-state index contributed by atoms with van der Waals surface area (Å²) in [5.74, 6) is 0.769. The van der Waals surface area contributed by atoms with Crippen LogP contribution in [0.1, 0.15) is 18.5 Å². The van der Waals surface area contributed by atoms with Crippen LogP contribution in [0, 0.1) is 5.92 Å². The first-order chi connectivity index (χ1) is 6.84. The van der Waals surface area contributed by atoms with Gasteiger partial charge in [-0.25, -0.2) is 0 Å². The number of hydrogen-bond donors (Lipinski definition) is 0. The van der Waals surface area contributed by atoms with E-state index in [4.69, 9.17) is 0 Å². The maximum atomic E-state index is 4.32. The van der Waals surface area contributed by atoms with Gasteiger partial charge in [0.25, 0.3) is 0 Å². The molecule has 1 fully saturated rings. The van der Waals surface area contributed by atoms with Gasteiger partial charge in [-0.05, 0) is 38.8 Å². The van der Waals surface area contributed by atoms with Gasteiger partial charge in [0, 0.05) is 25.1 Å². The normalized spacial score (nSPS) is 23.6. The van der Waals surface area contributed by atoms with Crippen molar-refractivity contribution in [2.75, 3.05) is 20.1 Å². The largest absolute Gasteiger partial charge is 0.306 e. The molecule has 1 unspecified atom stereocenters. The summed E-state index contributed by atoms with van der Waals surface area (Å²) in [6, 6.07) is 0. The minimum Gasteiger partial charge on any atom is -0.306 e. The van der Waals surface area contributed by atoms with Crippen LogP contribution in [-0.4, -0.2) is 35.0 Å². The van der Waals surface area contributed by atoms with Crippen LogP contribution in [0.15, 0.2) is 18.6 Å². The predicted molar refractivity (Wildman–Crippen MR) is 56.0 cm³/mol. The average molecular weight is 191 g/mol. The summed E-state index contributed by atoms with van der Waals surface area (Å²) in [5.41, 5.74) is 1.13. The zero-order chi connectivity index (χ0) is 9.80. The topological polar surface area (TPSA) is 29.0 Å². The number of piperidine rings is 1. The Morgan fingerprint density at radius 3 is 3.14 bits per heavy atom. The van der Waals surface area contributed by atoms with Crippen molar-refractivity contribution in [2.24, 2.45) is 5.92 Å². The lowest BCUT2D eigenvalue weighted by molar-refractivity contribution is 0.208. The van der Waals surface area contributed by atoms with Crippen molar-refractivity contribution in [3.05, 3.63) is 24.3 Å². The van der Waals surface area contributed by atoms with Gasteiger partial charge < -0.3 is 4.90 Å². The predicted octanol–water partition coefficient (Wildman–Crippen LogP) is 1.36. The van der Waals surface area contributed by atoms with Crippen LogP contribution in [0.25, 0.3) is 0 Å². The zero-order valence-electron chi connectivity index (χ0n) is 8.69. The zero-order valence-corrected chi connectivity index (χ0v) is 8.69. The van der Waals surface area contributed by atoms with Gasteiger partial charge in [0.05, 0.1) is 5.69 Å². The molecule has 2 rings (SSSR count). The third kappa shape index (κ3) is 2.51. The lowest BCUT2D eigenvalue weighted by Gasteiger charge is -2.29. The van der Waals surface area contributed by atoms with Crippen molar-refractivity contribution >= 4 is 0 Å². The third-order valence-electron chi connectivity index (χ3n) is 2.84. The minimum atomic E-state index is 0.769. The smallest absolute Gasteiger partial charge is 0.0589 e. The van der Waals surface area contributed by atoms with Gasteiger partial charge in [0.1, 0.15) is 0 Å². The SMILES string of the molecule is CN1CCCC(Cc2cnccn2)C1. The molecule has 3 nitrogen and oxygen atoms in total. The molecular weight excluding hydrogens is 174 g/mol. The number of nitrogens with zero attached hydrogens (tertiary/aromatic N) is 3. The molecule has 0 aromatic carbocycles. The molecule has 1 aromatic rings. The van der Waals surface area contributed by atoms with Gasteiger partial charge in [-0.1, -0.05) is 0 Å². The molecule has 1 aliphatic rings. The van der Waals surface area contributed by atoms with E-state index in [0.29, 0.717) is 0 Å². The van der Waals surface area contributed by atoms with Crippen LogP contribution in [-0.2, 0) is 6.42 Å². The number of rotatable bonds is 2. The average Bonchev–Trinajstić information content (AvgIpc) is 2.19. The summed E-state index contributed by atoms with van der Waals surface area (Å²) in [5, 5.41) is 0. The quantitative estimate of drug-likeness (QED) is 0.707. The van der Waals surface area contributed by atoms with Gasteiger partial charge in [-0.3, -0.25) is 9.97 Å². The molecule has 1 aromatic heterocycles. The van der Waals surface area contributed by atoms with Crippen LogP contribution in [0.2, 0.25) is 0 Å². The standard InChI is InChI=1S/C11H17N3/c1-14-6-2-3-10(9-14)7-11-8-12-4-5-13-11/h4-5,8,10H,2-3,6-7,9H2,1H3. The Hall–Kier alpha value is -0.960. The highest BCUT2D eigenvalue weighted by Crippen LogP contribution is 2.18. The maximum absolute atomic E-state index is 4.32. The Labute approximate surface area is 85.2 Å². The van der Waals surface area contributed by atoms with E-state index in [1.807, 2.05) is 6.20 Å². The van der Waals surface area contributed by atoms with E-state index in [-0.39, 0.29) is 0 Å². The molecule has 76 valence electrons. The van der Waals surface area contributed by atoms with Crippen LogP contribution < -0.4 is 0 Å². The minimum absolute atomic E-state index is 0.769. The highest BCUT2D eigenvalue weighted by Gasteiger charge is 2.17. The Kier molecular flexibility index (Phi) is 3.09. The van der Waals surface area contributed by atoms with Crippen molar-refractivity contribution < 1.29 is 0 Å². The molecule has 0 amide bonds. The van der Waals surface area contributed by atoms with Gasteiger partial charge in [0.2, 0.25) is 0 Å². The van der Waals surface area contributed by atoms with E-state index < -0.39 is 0 Å². The third-order valence-corrected chi connectivity index (χ3v) is 2.84. The molecule has 2 heterocycles. The molecule has 0 spiro atoms. The summed E-state index contributed by atoms with van der Waals surface area (Å²) in [6.45, 7) is 2.45. The van der Waals surface area contributed by atoms with Gasteiger partial charge >= 0.3 is 0 Å². The van der Waals surface area contributed by atoms with Crippen LogP contribution >= 0.6 is 0 Å². The molecule has 1 aliphatic heterocycles. The fourth-order valence-electron chi connectivity index (χ4n) is 2.17. The van der Waals surface area contributed by atoms with Crippen molar-refractivity contribution in [2.45, 2.75) is 19.3 Å². The van der Waals surface area contributed by atoms with Gasteiger partial charge in [0.15, 0.2) is 0 Å². The fourth-order valence-corrected chi connectivity index (χ4v) is 2.17. The summed E-state index contributed by atoms with van der Waals surface area (Å²) >= 11 is 0. The molecule has 0 aliphatic carbocycles. The van der Waals surface area contributed by atoms with Crippen molar-refractivity contribution in [3.63, 3.8) is 0 Å². The lowest BCUT2D eigenvalue weighted by atomic mass is 9.94. The molecule has 0 saturated carbocycles. The first kappa shape index (κ1) is 9.59. The van der Waals surface area contributed by atoms with Crippen LogP contribution in [0.4, 0.5) is 0 Å². The molecule has 14 heavy (non-hydrogen) atoms. The Bertz CT molecular complexity index is 273. The Balaban J connectivity index is 1.91. The van der Waals surface area contributed by atoms with Crippen molar-refractivity contribution in [1.29, 1.82) is 0 Å². The van der Waals surface area contributed by atoms with E-state index in [1.54, 1.807) is 12.4 Å². The molecular formula is C11H17N3. The monoisotopic (exact) mass is 191 g/mol. The molecule has 3 heteroatoms. The molecule has 0 radical (unpaired) electrons. The summed E-state index contributed by atoms with van der Waals surface area (Å²) in [6.07, 6.45) is 9.13. The van der Waals surface area contributed by atoms with E-state index >= 15 is 0 Å². The van der Waals surface area contributed by atoms with E-state index in [1.165, 1.54) is 25.9 Å². The highest BCUT2D eigenvalue weighted by atomic mass is 15.1. The van der Waals surface area contributed by atoms with Crippen LogP contribution in [0.3, 0.4) is 0 Å². The number of likely N-dealkylation sites (tertiary alicyclic amines) is 1.